The highest BCUT2D eigenvalue weighted by atomic mass is 16.6. The van der Waals surface area contributed by atoms with Gasteiger partial charge in [0.1, 0.15) is 0 Å². The topological polar surface area (TPSA) is 97.5 Å². The molecule has 0 aliphatic rings. The van der Waals surface area contributed by atoms with Gasteiger partial charge in [-0.15, -0.1) is 0 Å². The van der Waals surface area contributed by atoms with Crippen molar-refractivity contribution < 1.29 is 14.8 Å². The van der Waals surface area contributed by atoms with E-state index in [1.807, 2.05) is 12.1 Å². The lowest BCUT2D eigenvalue weighted by atomic mass is 10.1. The molecule has 0 bridgehead atoms. The van der Waals surface area contributed by atoms with Crippen molar-refractivity contribution in [2.45, 2.75) is 13.2 Å². The maximum atomic E-state index is 11.0. The van der Waals surface area contributed by atoms with Gasteiger partial charge in [0.15, 0.2) is 0 Å². The summed E-state index contributed by atoms with van der Waals surface area (Å²) in [5, 5.41) is 22.9. The molecule has 0 saturated heterocycles. The summed E-state index contributed by atoms with van der Waals surface area (Å²) in [6, 6.07) is 10.1. The van der Waals surface area contributed by atoms with Crippen LogP contribution in [0.5, 0.6) is 5.88 Å². The second-order valence-electron chi connectivity index (χ2n) is 4.31. The average molecular weight is 289 g/mol. The van der Waals surface area contributed by atoms with Gasteiger partial charge in [0.05, 0.1) is 18.6 Å². The fourth-order valence-corrected chi connectivity index (χ4v) is 1.77. The van der Waals surface area contributed by atoms with E-state index in [-0.39, 0.29) is 18.1 Å². The summed E-state index contributed by atoms with van der Waals surface area (Å²) in [4.78, 5) is 14.5. The summed E-state index contributed by atoms with van der Waals surface area (Å²) in [5.41, 5.74) is 1.62. The summed E-state index contributed by atoms with van der Waals surface area (Å²) in [6.45, 7) is 0.364. The first-order valence-electron chi connectivity index (χ1n) is 6.26. The van der Waals surface area contributed by atoms with Crippen molar-refractivity contribution in [3.05, 3.63) is 57.6 Å². The van der Waals surface area contributed by atoms with Crippen LogP contribution >= 0.6 is 0 Å². The molecule has 1 aromatic carbocycles. The molecule has 2 aromatic rings. The van der Waals surface area contributed by atoms with Gasteiger partial charge in [-0.1, -0.05) is 24.3 Å². The number of nitro groups is 1. The van der Waals surface area contributed by atoms with Crippen LogP contribution in [0.4, 0.5) is 11.5 Å². The van der Waals surface area contributed by atoms with Crippen molar-refractivity contribution in [3.8, 4) is 5.88 Å². The number of pyridine rings is 1. The molecule has 0 fully saturated rings. The minimum Gasteiger partial charge on any atom is -0.481 e. The molecular formula is C14H15N3O4. The Balaban J connectivity index is 2.15. The van der Waals surface area contributed by atoms with Crippen LogP contribution < -0.4 is 10.1 Å². The molecule has 0 radical (unpaired) electrons. The van der Waals surface area contributed by atoms with Gasteiger partial charge in [0.25, 0.3) is 0 Å². The molecular weight excluding hydrogens is 274 g/mol. The van der Waals surface area contributed by atoms with Crippen molar-refractivity contribution in [3.63, 3.8) is 0 Å². The SMILES string of the molecule is COc1ccc([N+](=O)[O-])c(NCc2ccc(CO)cc2)n1. The Morgan fingerprint density at radius 2 is 1.90 bits per heavy atom. The van der Waals surface area contributed by atoms with Gasteiger partial charge in [0, 0.05) is 18.7 Å². The van der Waals surface area contributed by atoms with Crippen LogP contribution in [0.15, 0.2) is 36.4 Å². The highest BCUT2D eigenvalue weighted by Gasteiger charge is 2.16. The van der Waals surface area contributed by atoms with E-state index in [1.165, 1.54) is 19.2 Å². The number of benzene rings is 1. The van der Waals surface area contributed by atoms with Crippen molar-refractivity contribution >= 4 is 11.5 Å². The zero-order chi connectivity index (χ0) is 15.2. The Kier molecular flexibility index (Phi) is 4.68. The van der Waals surface area contributed by atoms with Crippen molar-refractivity contribution in [1.29, 1.82) is 0 Å². The smallest absolute Gasteiger partial charge is 0.311 e. The predicted molar refractivity (Wildman–Crippen MR) is 77.1 cm³/mol. The van der Waals surface area contributed by atoms with Gasteiger partial charge in [-0.25, -0.2) is 0 Å². The second-order valence-corrected chi connectivity index (χ2v) is 4.31. The molecule has 7 nitrogen and oxygen atoms in total. The Bertz CT molecular complexity index is 629. The van der Waals surface area contributed by atoms with Crippen LogP contribution in [0.1, 0.15) is 11.1 Å². The number of aliphatic hydroxyl groups is 1. The van der Waals surface area contributed by atoms with E-state index in [1.54, 1.807) is 12.1 Å². The number of ether oxygens (including phenoxy) is 1. The first kappa shape index (κ1) is 14.7. The molecule has 110 valence electrons. The third-order valence-corrected chi connectivity index (χ3v) is 2.92. The zero-order valence-corrected chi connectivity index (χ0v) is 11.4. The number of hydrogen-bond acceptors (Lipinski definition) is 6. The van der Waals surface area contributed by atoms with Crippen LogP contribution in [0, 0.1) is 10.1 Å². The number of hydrogen-bond donors (Lipinski definition) is 2. The van der Waals surface area contributed by atoms with Crippen LogP contribution in [-0.4, -0.2) is 22.1 Å². The van der Waals surface area contributed by atoms with E-state index >= 15 is 0 Å². The Morgan fingerprint density at radius 3 is 2.48 bits per heavy atom. The quantitative estimate of drug-likeness (QED) is 0.624. The molecule has 7 heteroatoms. The fraction of sp³-hybridized carbons (Fsp3) is 0.214. The van der Waals surface area contributed by atoms with Crippen LogP contribution in [0.25, 0.3) is 0 Å². The predicted octanol–water partition coefficient (Wildman–Crippen LogP) is 2.10. The van der Waals surface area contributed by atoms with Gasteiger partial charge in [-0.2, -0.15) is 4.98 Å². The van der Waals surface area contributed by atoms with E-state index < -0.39 is 4.92 Å². The molecule has 0 aliphatic heterocycles. The highest BCUT2D eigenvalue weighted by molar-refractivity contribution is 5.57. The van der Waals surface area contributed by atoms with E-state index in [9.17, 15) is 10.1 Å². The lowest BCUT2D eigenvalue weighted by Crippen LogP contribution is -2.05. The molecule has 0 unspecified atom stereocenters. The fourth-order valence-electron chi connectivity index (χ4n) is 1.77. The van der Waals surface area contributed by atoms with E-state index in [0.717, 1.165) is 11.1 Å². The lowest BCUT2D eigenvalue weighted by Gasteiger charge is -2.08. The normalized spacial score (nSPS) is 10.2. The average Bonchev–Trinajstić information content (AvgIpc) is 2.52. The van der Waals surface area contributed by atoms with Gasteiger partial charge in [0.2, 0.25) is 11.7 Å². The maximum Gasteiger partial charge on any atom is 0.311 e. The number of methoxy groups -OCH3 is 1. The van der Waals surface area contributed by atoms with E-state index in [0.29, 0.717) is 12.4 Å². The third-order valence-electron chi connectivity index (χ3n) is 2.92. The van der Waals surface area contributed by atoms with Gasteiger partial charge >= 0.3 is 5.69 Å². The Morgan fingerprint density at radius 1 is 1.24 bits per heavy atom. The molecule has 1 aromatic heterocycles. The zero-order valence-electron chi connectivity index (χ0n) is 11.4. The molecule has 1 heterocycles. The van der Waals surface area contributed by atoms with Crippen LogP contribution in [0.2, 0.25) is 0 Å². The highest BCUT2D eigenvalue weighted by Crippen LogP contribution is 2.25. The van der Waals surface area contributed by atoms with E-state index in [2.05, 4.69) is 10.3 Å². The Hall–Kier alpha value is -2.67. The van der Waals surface area contributed by atoms with Gasteiger partial charge < -0.3 is 15.2 Å². The maximum absolute atomic E-state index is 11.0. The monoisotopic (exact) mass is 289 g/mol. The molecule has 0 saturated carbocycles. The van der Waals surface area contributed by atoms with Crippen molar-refractivity contribution in [1.82, 2.24) is 4.98 Å². The minimum atomic E-state index is -0.496. The number of nitrogens with zero attached hydrogens (tertiary/aromatic N) is 2. The molecule has 0 spiro atoms. The second kappa shape index (κ2) is 6.67. The summed E-state index contributed by atoms with van der Waals surface area (Å²) in [6.07, 6.45) is 0. The first-order chi connectivity index (χ1) is 10.1. The van der Waals surface area contributed by atoms with E-state index in [4.69, 9.17) is 9.84 Å². The molecule has 21 heavy (non-hydrogen) atoms. The summed E-state index contributed by atoms with van der Waals surface area (Å²) in [7, 11) is 1.45. The standard InChI is InChI=1S/C14H15N3O4/c1-21-13-7-6-12(17(19)20)14(16-13)15-8-10-2-4-11(9-18)5-3-10/h2-7,18H,8-9H2,1H3,(H,15,16). The summed E-state index contributed by atoms with van der Waals surface area (Å²) < 4.78 is 4.97. The number of nitrogens with one attached hydrogen (secondary N) is 1. The van der Waals surface area contributed by atoms with Crippen molar-refractivity contribution in [2.75, 3.05) is 12.4 Å². The molecule has 0 amide bonds. The van der Waals surface area contributed by atoms with Crippen LogP contribution in [0.3, 0.4) is 0 Å². The molecule has 2 rings (SSSR count). The number of aromatic nitrogens is 1. The van der Waals surface area contributed by atoms with Crippen molar-refractivity contribution in [2.24, 2.45) is 0 Å². The largest absolute Gasteiger partial charge is 0.481 e. The number of anilines is 1. The summed E-state index contributed by atoms with van der Waals surface area (Å²) in [5.74, 6) is 0.462. The molecule has 0 atom stereocenters. The number of aliphatic hydroxyl groups excluding tert-OH is 1. The Labute approximate surface area is 121 Å². The summed E-state index contributed by atoms with van der Waals surface area (Å²) >= 11 is 0. The molecule has 0 aliphatic carbocycles. The first-order valence-corrected chi connectivity index (χ1v) is 6.26. The minimum absolute atomic E-state index is 0.0172. The van der Waals surface area contributed by atoms with Gasteiger partial charge in [-0.05, 0) is 11.1 Å². The molecule has 2 N–H and O–H groups in total. The van der Waals surface area contributed by atoms with Gasteiger partial charge in [-0.3, -0.25) is 10.1 Å². The third kappa shape index (κ3) is 3.67. The number of rotatable bonds is 6. The lowest BCUT2D eigenvalue weighted by molar-refractivity contribution is -0.384. The van der Waals surface area contributed by atoms with Crippen LogP contribution in [-0.2, 0) is 13.2 Å².